The zero-order valence-electron chi connectivity index (χ0n) is 13.8. The molecule has 2 aromatic rings. The van der Waals surface area contributed by atoms with Gasteiger partial charge in [0.05, 0.1) is 17.5 Å². The normalized spacial score (nSPS) is 16.0. The summed E-state index contributed by atoms with van der Waals surface area (Å²) >= 11 is 0. The van der Waals surface area contributed by atoms with Gasteiger partial charge in [0.2, 0.25) is 5.91 Å². The van der Waals surface area contributed by atoms with Crippen molar-refractivity contribution >= 4 is 11.6 Å². The number of benzene rings is 1. The van der Waals surface area contributed by atoms with E-state index in [1.807, 2.05) is 12.1 Å². The lowest BCUT2D eigenvalue weighted by Crippen LogP contribution is -2.28. The number of rotatable bonds is 5. The first-order valence-electron chi connectivity index (χ1n) is 8.03. The first-order chi connectivity index (χ1) is 11.5. The molecule has 0 bridgehead atoms. The Labute approximate surface area is 139 Å². The van der Waals surface area contributed by atoms with E-state index in [0.717, 1.165) is 12.8 Å². The fourth-order valence-corrected chi connectivity index (χ4v) is 3.35. The maximum atomic E-state index is 12.2. The summed E-state index contributed by atoms with van der Waals surface area (Å²) in [6.45, 7) is 3.60. The molecule has 1 aliphatic rings. The minimum atomic E-state index is -0.427. The van der Waals surface area contributed by atoms with E-state index in [2.05, 4.69) is 22.5 Å². The molecule has 7 heteroatoms. The van der Waals surface area contributed by atoms with Crippen LogP contribution in [0.5, 0.6) is 0 Å². The maximum absolute atomic E-state index is 12.2. The number of hydrogen-bond donors (Lipinski definition) is 1. The molecule has 0 unspecified atom stereocenters. The van der Waals surface area contributed by atoms with Crippen molar-refractivity contribution in [2.45, 2.75) is 45.7 Å². The fourth-order valence-electron chi connectivity index (χ4n) is 3.35. The van der Waals surface area contributed by atoms with Crippen molar-refractivity contribution in [2.24, 2.45) is 0 Å². The summed E-state index contributed by atoms with van der Waals surface area (Å²) in [5, 5.41) is 18.2. The van der Waals surface area contributed by atoms with Gasteiger partial charge in [-0.25, -0.2) is 0 Å². The average Bonchev–Trinajstić information content (AvgIpc) is 3.06. The van der Waals surface area contributed by atoms with Gasteiger partial charge in [-0.3, -0.25) is 19.6 Å². The van der Waals surface area contributed by atoms with Crippen LogP contribution in [0.3, 0.4) is 0 Å². The molecular formula is C17H20N4O3. The number of nitro groups is 1. The van der Waals surface area contributed by atoms with Crippen molar-refractivity contribution in [2.75, 3.05) is 0 Å². The number of fused-ring (bicyclic) bond motifs is 1. The Bertz CT molecular complexity index is 797. The van der Waals surface area contributed by atoms with Gasteiger partial charge >= 0.3 is 5.69 Å². The van der Waals surface area contributed by atoms with Crippen molar-refractivity contribution in [3.8, 4) is 0 Å². The summed E-state index contributed by atoms with van der Waals surface area (Å²) in [5.74, 6) is -0.0630. The lowest BCUT2D eigenvalue weighted by molar-refractivity contribution is -0.386. The van der Waals surface area contributed by atoms with E-state index in [-0.39, 0.29) is 24.1 Å². The van der Waals surface area contributed by atoms with Gasteiger partial charge in [-0.05, 0) is 37.8 Å². The van der Waals surface area contributed by atoms with E-state index in [9.17, 15) is 14.9 Å². The van der Waals surface area contributed by atoms with Gasteiger partial charge in [-0.15, -0.1) is 0 Å². The van der Waals surface area contributed by atoms with Gasteiger partial charge in [-0.1, -0.05) is 24.3 Å². The summed E-state index contributed by atoms with van der Waals surface area (Å²) in [5.41, 5.74) is 3.36. The molecule has 0 saturated heterocycles. The zero-order chi connectivity index (χ0) is 17.3. The van der Waals surface area contributed by atoms with E-state index < -0.39 is 4.92 Å². The molecular weight excluding hydrogens is 308 g/mol. The van der Waals surface area contributed by atoms with Gasteiger partial charge < -0.3 is 5.32 Å². The Morgan fingerprint density at radius 3 is 2.88 bits per heavy atom. The molecule has 24 heavy (non-hydrogen) atoms. The average molecular weight is 328 g/mol. The van der Waals surface area contributed by atoms with Crippen LogP contribution in [-0.2, 0) is 17.8 Å². The number of amides is 1. The Kier molecular flexibility index (Phi) is 4.33. The molecule has 0 fully saturated rings. The lowest BCUT2D eigenvalue weighted by Gasteiger charge is -2.14. The minimum absolute atomic E-state index is 0.0279. The Balaban J connectivity index is 1.61. The third-order valence-electron chi connectivity index (χ3n) is 4.54. The highest BCUT2D eigenvalue weighted by Gasteiger charge is 2.24. The Hall–Kier alpha value is -2.70. The third-order valence-corrected chi connectivity index (χ3v) is 4.54. The lowest BCUT2D eigenvalue weighted by atomic mass is 10.1. The second-order valence-electron chi connectivity index (χ2n) is 6.11. The number of aromatic nitrogens is 2. The molecule has 1 heterocycles. The monoisotopic (exact) mass is 328 g/mol. The summed E-state index contributed by atoms with van der Waals surface area (Å²) in [6.07, 6.45) is 2.14. The highest BCUT2D eigenvalue weighted by atomic mass is 16.6. The van der Waals surface area contributed by atoms with Crippen molar-refractivity contribution < 1.29 is 9.72 Å². The largest absolute Gasteiger partial charge is 0.349 e. The summed E-state index contributed by atoms with van der Waals surface area (Å²) in [6, 6.07) is 8.20. The molecule has 3 rings (SSSR count). The van der Waals surface area contributed by atoms with Crippen molar-refractivity contribution in [1.82, 2.24) is 15.1 Å². The number of carbonyl (C=O) groups is 1. The molecule has 1 amide bonds. The SMILES string of the molecule is Cc1nn(CCC(=O)N[C@@H]2CCc3ccccc32)c(C)c1[N+](=O)[O-]. The predicted octanol–water partition coefficient (Wildman–Crippen LogP) is 2.60. The second-order valence-corrected chi connectivity index (χ2v) is 6.11. The number of nitrogens with zero attached hydrogens (tertiary/aromatic N) is 3. The number of hydrogen-bond acceptors (Lipinski definition) is 4. The molecule has 1 aromatic heterocycles. The molecule has 7 nitrogen and oxygen atoms in total. The van der Waals surface area contributed by atoms with Gasteiger partial charge in [0.15, 0.2) is 0 Å². The number of carbonyl (C=O) groups excluding carboxylic acids is 1. The van der Waals surface area contributed by atoms with Crippen LogP contribution >= 0.6 is 0 Å². The molecule has 126 valence electrons. The molecule has 0 radical (unpaired) electrons. The molecule has 1 aliphatic carbocycles. The van der Waals surface area contributed by atoms with E-state index in [1.54, 1.807) is 13.8 Å². The van der Waals surface area contributed by atoms with Gasteiger partial charge in [0.1, 0.15) is 11.4 Å². The molecule has 1 aromatic carbocycles. The van der Waals surface area contributed by atoms with Crippen LogP contribution in [0.25, 0.3) is 0 Å². The van der Waals surface area contributed by atoms with Gasteiger partial charge in [-0.2, -0.15) is 5.10 Å². The van der Waals surface area contributed by atoms with E-state index >= 15 is 0 Å². The smallest absolute Gasteiger partial charge is 0.312 e. The van der Waals surface area contributed by atoms with E-state index in [0.29, 0.717) is 17.9 Å². The highest BCUT2D eigenvalue weighted by molar-refractivity contribution is 5.76. The third kappa shape index (κ3) is 3.02. The number of nitrogens with one attached hydrogen (secondary N) is 1. The highest BCUT2D eigenvalue weighted by Crippen LogP contribution is 2.30. The minimum Gasteiger partial charge on any atom is -0.349 e. The van der Waals surface area contributed by atoms with Crippen LogP contribution in [0.1, 0.15) is 41.4 Å². The first kappa shape index (κ1) is 16.2. The topological polar surface area (TPSA) is 90.1 Å². The van der Waals surface area contributed by atoms with Gasteiger partial charge in [0, 0.05) is 6.42 Å². The quantitative estimate of drug-likeness (QED) is 0.675. The van der Waals surface area contributed by atoms with Crippen LogP contribution in [0.15, 0.2) is 24.3 Å². The molecule has 0 saturated carbocycles. The van der Waals surface area contributed by atoms with Gasteiger partial charge in [0.25, 0.3) is 0 Å². The molecule has 0 spiro atoms. The van der Waals surface area contributed by atoms with E-state index in [1.165, 1.54) is 15.8 Å². The van der Waals surface area contributed by atoms with Crippen LogP contribution in [0.2, 0.25) is 0 Å². The van der Waals surface area contributed by atoms with Crippen LogP contribution in [-0.4, -0.2) is 20.6 Å². The summed E-state index contributed by atoms with van der Waals surface area (Å²) < 4.78 is 1.54. The number of aryl methyl sites for hydroxylation is 3. The van der Waals surface area contributed by atoms with Crippen LogP contribution in [0.4, 0.5) is 5.69 Å². The summed E-state index contributed by atoms with van der Waals surface area (Å²) in [7, 11) is 0. The zero-order valence-corrected chi connectivity index (χ0v) is 13.8. The molecule has 1 atom stereocenters. The summed E-state index contributed by atoms with van der Waals surface area (Å²) in [4.78, 5) is 22.8. The van der Waals surface area contributed by atoms with Crippen LogP contribution < -0.4 is 5.32 Å². The standard InChI is InChI=1S/C17H20N4O3/c1-11-17(21(23)24)12(2)20(19-11)10-9-16(22)18-15-8-7-13-5-3-4-6-14(13)15/h3-6,15H,7-10H2,1-2H3,(H,18,22)/t15-/m1/s1. The maximum Gasteiger partial charge on any atom is 0.312 e. The predicted molar refractivity (Wildman–Crippen MR) is 88.6 cm³/mol. The first-order valence-corrected chi connectivity index (χ1v) is 8.03. The van der Waals surface area contributed by atoms with Crippen LogP contribution in [0, 0.1) is 24.0 Å². The van der Waals surface area contributed by atoms with Crippen molar-refractivity contribution in [1.29, 1.82) is 0 Å². The Morgan fingerprint density at radius 2 is 2.17 bits per heavy atom. The Morgan fingerprint density at radius 1 is 1.42 bits per heavy atom. The molecule has 0 aliphatic heterocycles. The second kappa shape index (κ2) is 6.43. The molecule has 1 N–H and O–H groups in total. The fraction of sp³-hybridized carbons (Fsp3) is 0.412. The van der Waals surface area contributed by atoms with Crippen molar-refractivity contribution in [3.05, 3.63) is 56.9 Å². The van der Waals surface area contributed by atoms with E-state index in [4.69, 9.17) is 0 Å². The van der Waals surface area contributed by atoms with Crippen molar-refractivity contribution in [3.63, 3.8) is 0 Å².